The van der Waals surface area contributed by atoms with Crippen molar-refractivity contribution < 1.29 is 13.9 Å². The number of ether oxygens (including phenoxy) is 1. The van der Waals surface area contributed by atoms with Crippen LogP contribution in [0.1, 0.15) is 12.5 Å². The Hall–Kier alpha value is -1.42. The maximum Gasteiger partial charge on any atom is 0.233 e. The SMILES string of the molecule is CN(Cc1cccc(F)c1)C(=O)C1(C)COC1. The van der Waals surface area contributed by atoms with Crippen LogP contribution >= 0.6 is 0 Å². The lowest BCUT2D eigenvalue weighted by Crippen LogP contribution is -2.52. The van der Waals surface area contributed by atoms with Gasteiger partial charge in [0.2, 0.25) is 5.91 Å². The third-order valence-electron chi connectivity index (χ3n) is 3.01. The highest BCUT2D eigenvalue weighted by atomic mass is 19.1. The van der Waals surface area contributed by atoms with Crippen molar-refractivity contribution in [2.24, 2.45) is 5.41 Å². The number of amides is 1. The van der Waals surface area contributed by atoms with Crippen molar-refractivity contribution in [2.75, 3.05) is 20.3 Å². The molecule has 0 spiro atoms. The molecule has 1 aromatic carbocycles. The number of rotatable bonds is 3. The van der Waals surface area contributed by atoms with Gasteiger partial charge in [-0.3, -0.25) is 4.79 Å². The van der Waals surface area contributed by atoms with Gasteiger partial charge in [-0.15, -0.1) is 0 Å². The minimum atomic E-state index is -0.401. The van der Waals surface area contributed by atoms with E-state index < -0.39 is 5.41 Å². The molecule has 1 aliphatic rings. The lowest BCUT2D eigenvalue weighted by Gasteiger charge is -2.39. The fraction of sp³-hybridized carbons (Fsp3) is 0.462. The van der Waals surface area contributed by atoms with Gasteiger partial charge in [-0.05, 0) is 24.6 Å². The molecule has 1 aromatic rings. The zero-order chi connectivity index (χ0) is 12.5. The molecular formula is C13H16FNO2. The number of hydrogen-bond donors (Lipinski definition) is 0. The first-order valence-electron chi connectivity index (χ1n) is 5.59. The number of halogens is 1. The Bertz CT molecular complexity index is 429. The summed E-state index contributed by atoms with van der Waals surface area (Å²) >= 11 is 0. The average molecular weight is 237 g/mol. The van der Waals surface area contributed by atoms with Gasteiger partial charge < -0.3 is 9.64 Å². The van der Waals surface area contributed by atoms with Crippen molar-refractivity contribution in [2.45, 2.75) is 13.5 Å². The quantitative estimate of drug-likeness (QED) is 0.802. The first-order valence-corrected chi connectivity index (χ1v) is 5.59. The second-order valence-corrected chi connectivity index (χ2v) is 4.84. The van der Waals surface area contributed by atoms with E-state index in [1.54, 1.807) is 18.0 Å². The number of carbonyl (C=O) groups excluding carboxylic acids is 1. The van der Waals surface area contributed by atoms with Crippen molar-refractivity contribution in [1.29, 1.82) is 0 Å². The van der Waals surface area contributed by atoms with Crippen molar-refractivity contribution in [1.82, 2.24) is 4.90 Å². The van der Waals surface area contributed by atoms with Crippen LogP contribution in [-0.4, -0.2) is 31.1 Å². The molecular weight excluding hydrogens is 221 g/mol. The molecule has 17 heavy (non-hydrogen) atoms. The molecule has 0 bridgehead atoms. The highest BCUT2D eigenvalue weighted by Crippen LogP contribution is 2.29. The number of benzene rings is 1. The van der Waals surface area contributed by atoms with Gasteiger partial charge in [0.15, 0.2) is 0 Å². The zero-order valence-corrected chi connectivity index (χ0v) is 10.1. The highest BCUT2D eigenvalue weighted by molar-refractivity contribution is 5.83. The Kier molecular flexibility index (Phi) is 3.15. The van der Waals surface area contributed by atoms with E-state index in [2.05, 4.69) is 0 Å². The van der Waals surface area contributed by atoms with Gasteiger partial charge in [-0.25, -0.2) is 4.39 Å². The van der Waals surface area contributed by atoms with Gasteiger partial charge in [0.05, 0.1) is 18.6 Å². The van der Waals surface area contributed by atoms with Gasteiger partial charge in [0.25, 0.3) is 0 Å². The zero-order valence-electron chi connectivity index (χ0n) is 10.1. The molecule has 92 valence electrons. The molecule has 2 rings (SSSR count). The maximum atomic E-state index is 13.0. The summed E-state index contributed by atoms with van der Waals surface area (Å²) in [4.78, 5) is 13.7. The van der Waals surface area contributed by atoms with Crippen molar-refractivity contribution in [3.63, 3.8) is 0 Å². The summed E-state index contributed by atoms with van der Waals surface area (Å²) in [7, 11) is 1.73. The topological polar surface area (TPSA) is 29.5 Å². The van der Waals surface area contributed by atoms with Crippen molar-refractivity contribution >= 4 is 5.91 Å². The summed E-state index contributed by atoms with van der Waals surface area (Å²) in [5, 5.41) is 0. The van der Waals surface area contributed by atoms with Gasteiger partial charge >= 0.3 is 0 Å². The Balaban J connectivity index is 2.01. The normalized spacial score (nSPS) is 17.4. The number of nitrogens with zero attached hydrogens (tertiary/aromatic N) is 1. The Morgan fingerprint density at radius 3 is 2.76 bits per heavy atom. The van der Waals surface area contributed by atoms with Crippen LogP contribution in [0.3, 0.4) is 0 Å². The van der Waals surface area contributed by atoms with E-state index in [1.165, 1.54) is 12.1 Å². The molecule has 0 radical (unpaired) electrons. The molecule has 0 aliphatic carbocycles. The predicted molar refractivity (Wildman–Crippen MR) is 61.8 cm³/mol. The summed E-state index contributed by atoms with van der Waals surface area (Å²) in [5.41, 5.74) is 0.395. The van der Waals surface area contributed by atoms with E-state index >= 15 is 0 Å². The summed E-state index contributed by atoms with van der Waals surface area (Å²) in [6.07, 6.45) is 0. The summed E-state index contributed by atoms with van der Waals surface area (Å²) in [6, 6.07) is 6.30. The smallest absolute Gasteiger partial charge is 0.233 e. The van der Waals surface area contributed by atoms with E-state index in [-0.39, 0.29) is 11.7 Å². The standard InChI is InChI=1S/C13H16FNO2/c1-13(8-17-9-13)12(16)15(2)7-10-4-3-5-11(14)6-10/h3-6H,7-9H2,1-2H3. The van der Waals surface area contributed by atoms with E-state index in [1.807, 2.05) is 13.0 Å². The summed E-state index contributed by atoms with van der Waals surface area (Å²) in [5.74, 6) is -0.227. The third-order valence-corrected chi connectivity index (χ3v) is 3.01. The molecule has 0 N–H and O–H groups in total. The van der Waals surface area contributed by atoms with E-state index in [0.29, 0.717) is 19.8 Å². The first kappa shape index (κ1) is 12.0. The van der Waals surface area contributed by atoms with E-state index in [9.17, 15) is 9.18 Å². The van der Waals surface area contributed by atoms with Crippen LogP contribution < -0.4 is 0 Å². The van der Waals surface area contributed by atoms with Crippen LogP contribution in [0.15, 0.2) is 24.3 Å². The molecule has 0 unspecified atom stereocenters. The minimum absolute atomic E-state index is 0.0491. The van der Waals surface area contributed by atoms with Gasteiger partial charge in [0.1, 0.15) is 5.82 Å². The highest BCUT2D eigenvalue weighted by Gasteiger charge is 2.42. The second kappa shape index (κ2) is 4.45. The second-order valence-electron chi connectivity index (χ2n) is 4.84. The van der Waals surface area contributed by atoms with Gasteiger partial charge in [-0.2, -0.15) is 0 Å². The van der Waals surface area contributed by atoms with Crippen LogP contribution in [-0.2, 0) is 16.1 Å². The van der Waals surface area contributed by atoms with Crippen LogP contribution in [0, 0.1) is 11.2 Å². The van der Waals surface area contributed by atoms with Crippen molar-refractivity contribution in [3.8, 4) is 0 Å². The van der Waals surface area contributed by atoms with Gasteiger partial charge in [-0.1, -0.05) is 12.1 Å². The number of hydrogen-bond acceptors (Lipinski definition) is 2. The monoisotopic (exact) mass is 237 g/mol. The molecule has 1 heterocycles. The lowest BCUT2D eigenvalue weighted by atomic mass is 9.87. The fourth-order valence-corrected chi connectivity index (χ4v) is 1.97. The van der Waals surface area contributed by atoms with Gasteiger partial charge in [0, 0.05) is 13.6 Å². The van der Waals surface area contributed by atoms with Crippen LogP contribution in [0.5, 0.6) is 0 Å². The molecule has 3 nitrogen and oxygen atoms in total. The largest absolute Gasteiger partial charge is 0.379 e. The molecule has 1 aliphatic heterocycles. The maximum absolute atomic E-state index is 13.0. The van der Waals surface area contributed by atoms with Crippen LogP contribution in [0.25, 0.3) is 0 Å². The molecule has 4 heteroatoms. The molecule has 0 aromatic heterocycles. The predicted octanol–water partition coefficient (Wildman–Crippen LogP) is 1.82. The Morgan fingerprint density at radius 1 is 1.53 bits per heavy atom. The summed E-state index contributed by atoms with van der Waals surface area (Å²) < 4.78 is 18.1. The van der Waals surface area contributed by atoms with Crippen LogP contribution in [0.4, 0.5) is 4.39 Å². The van der Waals surface area contributed by atoms with E-state index in [0.717, 1.165) is 5.56 Å². The Morgan fingerprint density at radius 2 is 2.24 bits per heavy atom. The minimum Gasteiger partial charge on any atom is -0.379 e. The molecule has 0 saturated carbocycles. The molecule has 1 amide bonds. The number of carbonyl (C=O) groups is 1. The third kappa shape index (κ3) is 2.47. The Labute approximate surface area is 100 Å². The lowest BCUT2D eigenvalue weighted by molar-refractivity contribution is -0.167. The summed E-state index contributed by atoms with van der Waals surface area (Å²) in [6.45, 7) is 3.26. The molecule has 1 saturated heterocycles. The van der Waals surface area contributed by atoms with E-state index in [4.69, 9.17) is 4.74 Å². The van der Waals surface area contributed by atoms with Crippen molar-refractivity contribution in [3.05, 3.63) is 35.6 Å². The average Bonchev–Trinajstić information content (AvgIpc) is 2.25. The fourth-order valence-electron chi connectivity index (χ4n) is 1.97. The van der Waals surface area contributed by atoms with Crippen LogP contribution in [0.2, 0.25) is 0 Å². The molecule has 0 atom stereocenters. The molecule has 1 fully saturated rings. The first-order chi connectivity index (χ1) is 8.01.